The largest absolute Gasteiger partial charge is 0.485 e. The lowest BCUT2D eigenvalue weighted by molar-refractivity contribution is 0.0998. The Labute approximate surface area is 86.8 Å². The van der Waals surface area contributed by atoms with Gasteiger partial charge in [-0.1, -0.05) is 0 Å². The number of ether oxygens (including phenoxy) is 2. The monoisotopic (exact) mass is 206 g/mol. The first-order valence-electron chi connectivity index (χ1n) is 4.62. The van der Waals surface area contributed by atoms with Crippen molar-refractivity contribution in [1.29, 1.82) is 0 Å². The summed E-state index contributed by atoms with van der Waals surface area (Å²) in [7, 11) is 0. The number of carbonyl (C=O) groups is 2. The van der Waals surface area contributed by atoms with E-state index in [1.54, 1.807) is 12.1 Å². The molecule has 1 aromatic carbocycles. The number of benzene rings is 1. The molecule has 0 aromatic heterocycles. The second-order valence-electron chi connectivity index (χ2n) is 3.23. The number of ketones is 1. The molecule has 0 aliphatic carbocycles. The van der Waals surface area contributed by atoms with E-state index in [1.165, 1.54) is 6.92 Å². The molecule has 1 aromatic rings. The van der Waals surface area contributed by atoms with E-state index in [4.69, 9.17) is 9.47 Å². The van der Waals surface area contributed by atoms with Crippen LogP contribution in [0.1, 0.15) is 27.6 Å². The summed E-state index contributed by atoms with van der Waals surface area (Å²) in [4.78, 5) is 22.0. The van der Waals surface area contributed by atoms with Gasteiger partial charge in [0.25, 0.3) is 0 Å². The normalized spacial score (nSPS) is 13.4. The SMILES string of the molecule is CC(=O)c1ccc(C=O)c2c1OCCO2. The Morgan fingerprint density at radius 3 is 2.53 bits per heavy atom. The first-order chi connectivity index (χ1) is 7.24. The smallest absolute Gasteiger partial charge is 0.172 e. The van der Waals surface area contributed by atoms with Crippen LogP contribution in [0.25, 0.3) is 0 Å². The van der Waals surface area contributed by atoms with Crippen molar-refractivity contribution in [2.75, 3.05) is 13.2 Å². The van der Waals surface area contributed by atoms with Crippen molar-refractivity contribution >= 4 is 12.1 Å². The van der Waals surface area contributed by atoms with Crippen molar-refractivity contribution in [2.45, 2.75) is 6.92 Å². The molecule has 78 valence electrons. The van der Waals surface area contributed by atoms with Crippen molar-refractivity contribution in [3.05, 3.63) is 23.3 Å². The number of aldehydes is 1. The Morgan fingerprint density at radius 2 is 1.93 bits per heavy atom. The van der Waals surface area contributed by atoms with Gasteiger partial charge < -0.3 is 9.47 Å². The summed E-state index contributed by atoms with van der Waals surface area (Å²) in [5, 5.41) is 0. The van der Waals surface area contributed by atoms with Crippen molar-refractivity contribution in [1.82, 2.24) is 0 Å². The molecule has 1 heterocycles. The minimum Gasteiger partial charge on any atom is -0.485 e. The fourth-order valence-corrected chi connectivity index (χ4v) is 1.53. The van der Waals surface area contributed by atoms with E-state index in [1.807, 2.05) is 0 Å². The molecule has 0 saturated carbocycles. The predicted molar refractivity (Wildman–Crippen MR) is 52.8 cm³/mol. The zero-order valence-electron chi connectivity index (χ0n) is 8.28. The van der Waals surface area contributed by atoms with Crippen LogP contribution in [-0.2, 0) is 0 Å². The number of Topliss-reactive ketones (excluding diaryl/α,β-unsaturated/α-hetero) is 1. The van der Waals surface area contributed by atoms with Crippen LogP contribution in [0.3, 0.4) is 0 Å². The van der Waals surface area contributed by atoms with Gasteiger partial charge in [-0.05, 0) is 19.1 Å². The van der Waals surface area contributed by atoms with Crippen molar-refractivity contribution in [2.24, 2.45) is 0 Å². The third kappa shape index (κ3) is 1.58. The van der Waals surface area contributed by atoms with Crippen LogP contribution in [0.15, 0.2) is 12.1 Å². The molecule has 0 atom stereocenters. The van der Waals surface area contributed by atoms with E-state index in [0.717, 1.165) is 0 Å². The molecular formula is C11H10O4. The Hall–Kier alpha value is -1.84. The van der Waals surface area contributed by atoms with Gasteiger partial charge in [-0.15, -0.1) is 0 Å². The summed E-state index contributed by atoms with van der Waals surface area (Å²) in [6, 6.07) is 3.15. The van der Waals surface area contributed by atoms with E-state index in [0.29, 0.717) is 42.1 Å². The van der Waals surface area contributed by atoms with E-state index < -0.39 is 0 Å². The van der Waals surface area contributed by atoms with E-state index >= 15 is 0 Å². The maximum atomic E-state index is 11.3. The molecule has 0 spiro atoms. The first-order valence-corrected chi connectivity index (χ1v) is 4.62. The van der Waals surface area contributed by atoms with E-state index in [-0.39, 0.29) is 5.78 Å². The van der Waals surface area contributed by atoms with Gasteiger partial charge >= 0.3 is 0 Å². The molecule has 4 nitrogen and oxygen atoms in total. The molecule has 15 heavy (non-hydrogen) atoms. The van der Waals surface area contributed by atoms with Gasteiger partial charge in [-0.2, -0.15) is 0 Å². The summed E-state index contributed by atoms with van der Waals surface area (Å²) in [5.74, 6) is 0.663. The average Bonchev–Trinajstić information content (AvgIpc) is 2.27. The summed E-state index contributed by atoms with van der Waals surface area (Å²) < 4.78 is 10.7. The van der Waals surface area contributed by atoms with Gasteiger partial charge in [0.2, 0.25) is 0 Å². The summed E-state index contributed by atoms with van der Waals surface area (Å²) in [5.41, 5.74) is 0.866. The third-order valence-electron chi connectivity index (χ3n) is 2.22. The van der Waals surface area contributed by atoms with Crippen molar-refractivity contribution in [3.63, 3.8) is 0 Å². The maximum Gasteiger partial charge on any atom is 0.172 e. The molecule has 1 aliphatic rings. The lowest BCUT2D eigenvalue weighted by Gasteiger charge is -2.21. The highest BCUT2D eigenvalue weighted by molar-refractivity contribution is 5.99. The third-order valence-corrected chi connectivity index (χ3v) is 2.22. The topological polar surface area (TPSA) is 52.6 Å². The number of hydrogen-bond donors (Lipinski definition) is 0. The highest BCUT2D eigenvalue weighted by Gasteiger charge is 2.21. The molecule has 0 fully saturated rings. The molecule has 0 radical (unpaired) electrons. The number of hydrogen-bond acceptors (Lipinski definition) is 4. The molecule has 0 unspecified atom stereocenters. The highest BCUT2D eigenvalue weighted by atomic mass is 16.6. The van der Waals surface area contributed by atoms with Crippen molar-refractivity contribution in [3.8, 4) is 11.5 Å². The Morgan fingerprint density at radius 1 is 1.27 bits per heavy atom. The van der Waals surface area contributed by atoms with Gasteiger partial charge in [-0.25, -0.2) is 0 Å². The van der Waals surface area contributed by atoms with Gasteiger partial charge in [-0.3, -0.25) is 9.59 Å². The molecule has 0 saturated heterocycles. The molecule has 1 aliphatic heterocycles. The van der Waals surface area contributed by atoms with Gasteiger partial charge in [0, 0.05) is 0 Å². The summed E-state index contributed by atoms with van der Waals surface area (Å²) in [6.07, 6.45) is 0.692. The Balaban J connectivity index is 2.62. The van der Waals surface area contributed by atoms with Crippen LogP contribution in [0.5, 0.6) is 11.5 Å². The average molecular weight is 206 g/mol. The van der Waals surface area contributed by atoms with Gasteiger partial charge in [0.15, 0.2) is 23.6 Å². The maximum absolute atomic E-state index is 11.3. The molecular weight excluding hydrogens is 196 g/mol. The Bertz CT molecular complexity index is 423. The number of fused-ring (bicyclic) bond motifs is 1. The van der Waals surface area contributed by atoms with Crippen LogP contribution in [-0.4, -0.2) is 25.3 Å². The molecule has 0 N–H and O–H groups in total. The van der Waals surface area contributed by atoms with Crippen LogP contribution >= 0.6 is 0 Å². The van der Waals surface area contributed by atoms with Crippen LogP contribution in [0.4, 0.5) is 0 Å². The minimum absolute atomic E-state index is 0.103. The number of carbonyl (C=O) groups excluding carboxylic acids is 2. The second-order valence-corrected chi connectivity index (χ2v) is 3.23. The van der Waals surface area contributed by atoms with Gasteiger partial charge in [0.05, 0.1) is 11.1 Å². The zero-order chi connectivity index (χ0) is 10.8. The second kappa shape index (κ2) is 3.73. The highest BCUT2D eigenvalue weighted by Crippen LogP contribution is 2.36. The molecule has 0 amide bonds. The lowest BCUT2D eigenvalue weighted by atomic mass is 10.1. The first kappa shape index (κ1) is 9.71. The molecule has 2 rings (SSSR count). The Kier molecular flexibility index (Phi) is 2.41. The fourth-order valence-electron chi connectivity index (χ4n) is 1.53. The quantitative estimate of drug-likeness (QED) is 0.543. The fraction of sp³-hybridized carbons (Fsp3) is 0.273. The van der Waals surface area contributed by atoms with Crippen LogP contribution in [0, 0.1) is 0 Å². The predicted octanol–water partition coefficient (Wildman–Crippen LogP) is 1.47. The van der Waals surface area contributed by atoms with E-state index in [9.17, 15) is 9.59 Å². The van der Waals surface area contributed by atoms with Crippen LogP contribution < -0.4 is 9.47 Å². The standard InChI is InChI=1S/C11H10O4/c1-7(13)9-3-2-8(6-12)10-11(9)15-5-4-14-10/h2-3,6H,4-5H2,1H3. The molecule has 0 bridgehead atoms. The summed E-state index contributed by atoms with van der Waals surface area (Å²) in [6.45, 7) is 2.25. The van der Waals surface area contributed by atoms with Crippen LogP contribution in [0.2, 0.25) is 0 Å². The van der Waals surface area contributed by atoms with E-state index in [2.05, 4.69) is 0 Å². The summed E-state index contributed by atoms with van der Waals surface area (Å²) >= 11 is 0. The van der Waals surface area contributed by atoms with Gasteiger partial charge in [0.1, 0.15) is 13.2 Å². The van der Waals surface area contributed by atoms with Crippen molar-refractivity contribution < 1.29 is 19.1 Å². The minimum atomic E-state index is -0.103. The lowest BCUT2D eigenvalue weighted by Crippen LogP contribution is -2.18. The number of rotatable bonds is 2. The zero-order valence-corrected chi connectivity index (χ0v) is 8.28. The molecule has 4 heteroatoms.